The molecule has 1 aliphatic rings. The molecule has 0 aromatic carbocycles. The second-order valence-corrected chi connectivity index (χ2v) is 7.29. The Morgan fingerprint density at radius 2 is 2.18 bits per heavy atom. The zero-order valence-electron chi connectivity index (χ0n) is 14.8. The summed E-state index contributed by atoms with van der Waals surface area (Å²) < 4.78 is 5.51. The van der Waals surface area contributed by atoms with Gasteiger partial charge in [0, 0.05) is 31.1 Å². The van der Waals surface area contributed by atoms with Crippen LogP contribution in [0.3, 0.4) is 0 Å². The van der Waals surface area contributed by atoms with Crippen LogP contribution >= 0.6 is 0 Å². The second-order valence-electron chi connectivity index (χ2n) is 7.29. The fraction of sp³-hybridized carbons (Fsp3) is 0.833. The molecule has 1 saturated heterocycles. The van der Waals surface area contributed by atoms with E-state index in [1.165, 1.54) is 0 Å². The van der Waals surface area contributed by atoms with E-state index >= 15 is 0 Å². The van der Waals surface area contributed by atoms with Gasteiger partial charge in [-0.1, -0.05) is 6.92 Å². The van der Waals surface area contributed by atoms with Crippen LogP contribution in [0.15, 0.2) is 0 Å². The Hall–Kier alpha value is -1.21. The van der Waals surface area contributed by atoms with Gasteiger partial charge in [0.25, 0.3) is 0 Å². The van der Waals surface area contributed by atoms with Gasteiger partial charge in [-0.3, -0.25) is 0 Å². The van der Waals surface area contributed by atoms with E-state index in [1.54, 1.807) is 0 Å². The largest absolute Gasteiger partial charge is 0.444 e. The van der Waals surface area contributed by atoms with Crippen LogP contribution in [0.2, 0.25) is 0 Å². The van der Waals surface area contributed by atoms with E-state index in [0.29, 0.717) is 12.1 Å². The zero-order chi connectivity index (χ0) is 16.8. The molecule has 1 N–H and O–H groups in total. The third-order valence-electron chi connectivity index (χ3n) is 4.01. The molecule has 0 radical (unpaired) electrons. The summed E-state index contributed by atoms with van der Waals surface area (Å²) in [5.74, 6) is 2.72. The van der Waals surface area contributed by atoms with E-state index in [0.717, 1.165) is 38.6 Å². The maximum Gasteiger partial charge on any atom is 0.410 e. The minimum Gasteiger partial charge on any atom is -0.444 e. The molecule has 0 spiro atoms. The van der Waals surface area contributed by atoms with Crippen molar-refractivity contribution in [1.29, 1.82) is 0 Å². The number of hydrogen-bond donors (Lipinski definition) is 1. The topological polar surface area (TPSA) is 41.6 Å². The van der Waals surface area contributed by atoms with Crippen LogP contribution in [0, 0.1) is 12.3 Å². The molecule has 1 aliphatic heterocycles. The normalized spacial score (nSPS) is 21.3. The van der Waals surface area contributed by atoms with E-state index in [1.807, 2.05) is 25.7 Å². The van der Waals surface area contributed by atoms with Crippen LogP contribution in [0.4, 0.5) is 4.79 Å². The number of nitrogens with one attached hydrogen (secondary N) is 1. The number of hydrogen-bond acceptors (Lipinski definition) is 3. The predicted octanol–water partition coefficient (Wildman–Crippen LogP) is 3.56. The van der Waals surface area contributed by atoms with Crippen LogP contribution < -0.4 is 5.32 Å². The van der Waals surface area contributed by atoms with Gasteiger partial charge in [-0.25, -0.2) is 4.79 Å². The van der Waals surface area contributed by atoms with Crippen molar-refractivity contribution in [1.82, 2.24) is 10.2 Å². The number of rotatable bonds is 6. The van der Waals surface area contributed by atoms with Crippen LogP contribution in [-0.4, -0.2) is 41.3 Å². The fourth-order valence-electron chi connectivity index (χ4n) is 2.98. The third-order valence-corrected chi connectivity index (χ3v) is 4.01. The van der Waals surface area contributed by atoms with Gasteiger partial charge in [0.05, 0.1) is 0 Å². The Balaban J connectivity index is 2.53. The molecule has 3 unspecified atom stereocenters. The number of terminal acetylenes is 1. The van der Waals surface area contributed by atoms with E-state index in [2.05, 4.69) is 25.1 Å². The number of nitrogens with zero attached hydrogens (tertiary/aromatic N) is 1. The first-order chi connectivity index (χ1) is 10.3. The lowest BCUT2D eigenvalue weighted by Gasteiger charge is -2.31. The Labute approximate surface area is 136 Å². The van der Waals surface area contributed by atoms with Gasteiger partial charge in [-0.15, -0.1) is 12.3 Å². The van der Waals surface area contributed by atoms with E-state index in [4.69, 9.17) is 11.2 Å². The Morgan fingerprint density at radius 1 is 1.50 bits per heavy atom. The van der Waals surface area contributed by atoms with Gasteiger partial charge < -0.3 is 15.0 Å². The fourth-order valence-corrected chi connectivity index (χ4v) is 2.98. The molecule has 1 heterocycles. The van der Waals surface area contributed by atoms with Gasteiger partial charge in [0.15, 0.2) is 0 Å². The van der Waals surface area contributed by atoms with E-state index in [9.17, 15) is 4.79 Å². The van der Waals surface area contributed by atoms with Crippen LogP contribution in [-0.2, 0) is 4.74 Å². The van der Waals surface area contributed by atoms with Gasteiger partial charge in [-0.2, -0.15) is 0 Å². The second kappa shape index (κ2) is 8.43. The van der Waals surface area contributed by atoms with Crippen molar-refractivity contribution in [2.24, 2.45) is 0 Å². The van der Waals surface area contributed by atoms with Crippen molar-refractivity contribution in [2.75, 3.05) is 6.54 Å². The minimum absolute atomic E-state index is 0.183. The highest BCUT2D eigenvalue weighted by Gasteiger charge is 2.33. The van der Waals surface area contributed by atoms with Crippen LogP contribution in [0.5, 0.6) is 0 Å². The summed E-state index contributed by atoms with van der Waals surface area (Å²) in [5.41, 5.74) is -0.436. The standard InChI is InChI=1S/C18H32N2O2/c1-7-10-15(8-2)19-14(3)13-16-11-9-12-20(16)17(21)22-18(4,5)6/h1,14-16,19H,8-13H2,2-6H3. The van der Waals surface area contributed by atoms with Crippen molar-refractivity contribution >= 4 is 6.09 Å². The summed E-state index contributed by atoms with van der Waals surface area (Å²) in [5, 5.41) is 3.58. The van der Waals surface area contributed by atoms with E-state index in [-0.39, 0.29) is 12.1 Å². The molecule has 1 rings (SSSR count). The lowest BCUT2D eigenvalue weighted by atomic mass is 10.0. The number of likely N-dealkylation sites (tertiary alicyclic amines) is 1. The summed E-state index contributed by atoms with van der Waals surface area (Å²) in [6.07, 6.45) is 10.0. The summed E-state index contributed by atoms with van der Waals surface area (Å²) >= 11 is 0. The first kappa shape index (κ1) is 18.8. The van der Waals surface area contributed by atoms with Crippen LogP contribution in [0.25, 0.3) is 0 Å². The number of amides is 1. The molecule has 3 atom stereocenters. The van der Waals surface area contributed by atoms with Gasteiger partial charge in [0.2, 0.25) is 0 Å². The minimum atomic E-state index is -0.436. The average Bonchev–Trinajstić information content (AvgIpc) is 2.84. The molecule has 0 aromatic rings. The highest BCUT2D eigenvalue weighted by molar-refractivity contribution is 5.68. The molecule has 4 nitrogen and oxygen atoms in total. The van der Waals surface area contributed by atoms with Crippen molar-refractivity contribution in [2.45, 2.75) is 90.4 Å². The van der Waals surface area contributed by atoms with Gasteiger partial charge >= 0.3 is 6.09 Å². The summed E-state index contributed by atoms with van der Waals surface area (Å²) in [6.45, 7) is 10.8. The molecule has 0 aliphatic carbocycles. The lowest BCUT2D eigenvalue weighted by Crippen LogP contribution is -2.44. The maximum absolute atomic E-state index is 12.3. The van der Waals surface area contributed by atoms with Gasteiger partial charge in [-0.05, 0) is 53.4 Å². The predicted molar refractivity (Wildman–Crippen MR) is 90.7 cm³/mol. The quantitative estimate of drug-likeness (QED) is 0.763. The Bertz CT molecular complexity index is 395. The monoisotopic (exact) mass is 308 g/mol. The smallest absolute Gasteiger partial charge is 0.410 e. The Morgan fingerprint density at radius 3 is 2.73 bits per heavy atom. The van der Waals surface area contributed by atoms with Crippen molar-refractivity contribution in [3.63, 3.8) is 0 Å². The molecule has 1 fully saturated rings. The molecule has 4 heteroatoms. The van der Waals surface area contributed by atoms with Crippen molar-refractivity contribution < 1.29 is 9.53 Å². The first-order valence-electron chi connectivity index (χ1n) is 8.46. The highest BCUT2D eigenvalue weighted by atomic mass is 16.6. The molecular weight excluding hydrogens is 276 g/mol. The summed E-state index contributed by atoms with van der Waals surface area (Å²) in [7, 11) is 0. The van der Waals surface area contributed by atoms with E-state index < -0.39 is 5.60 Å². The molecular formula is C18H32N2O2. The molecule has 126 valence electrons. The van der Waals surface area contributed by atoms with Crippen molar-refractivity contribution in [3.8, 4) is 12.3 Å². The number of carbonyl (C=O) groups is 1. The third kappa shape index (κ3) is 6.27. The zero-order valence-corrected chi connectivity index (χ0v) is 14.8. The van der Waals surface area contributed by atoms with Crippen molar-refractivity contribution in [3.05, 3.63) is 0 Å². The summed E-state index contributed by atoms with van der Waals surface area (Å²) in [6, 6.07) is 0.961. The molecule has 22 heavy (non-hydrogen) atoms. The average molecular weight is 308 g/mol. The molecule has 0 saturated carbocycles. The Kier molecular flexibility index (Phi) is 7.22. The lowest BCUT2D eigenvalue weighted by molar-refractivity contribution is 0.0214. The molecule has 0 aromatic heterocycles. The SMILES string of the molecule is C#CCC(CC)NC(C)CC1CCCN1C(=O)OC(C)(C)C. The van der Waals surface area contributed by atoms with Crippen LogP contribution in [0.1, 0.15) is 66.7 Å². The highest BCUT2D eigenvalue weighted by Crippen LogP contribution is 2.24. The number of ether oxygens (including phenoxy) is 1. The molecule has 1 amide bonds. The maximum atomic E-state index is 12.3. The summed E-state index contributed by atoms with van der Waals surface area (Å²) in [4.78, 5) is 14.2. The first-order valence-corrected chi connectivity index (χ1v) is 8.46. The molecule has 0 bridgehead atoms. The number of carbonyl (C=O) groups excluding carboxylic acids is 1. The van der Waals surface area contributed by atoms with Gasteiger partial charge in [0.1, 0.15) is 5.60 Å².